The zero-order chi connectivity index (χ0) is 10.2. The third kappa shape index (κ3) is 1.70. The highest BCUT2D eigenvalue weighted by molar-refractivity contribution is 4.93. The largest absolute Gasteiger partial charge is 0.396 e. The van der Waals surface area contributed by atoms with Crippen molar-refractivity contribution in [2.75, 3.05) is 13.2 Å². The first-order chi connectivity index (χ1) is 6.68. The average molecular weight is 198 g/mol. The first kappa shape index (κ1) is 10.4. The van der Waals surface area contributed by atoms with Crippen LogP contribution in [0.2, 0.25) is 0 Å². The van der Waals surface area contributed by atoms with Crippen molar-refractivity contribution in [2.45, 2.75) is 39.0 Å². The van der Waals surface area contributed by atoms with E-state index in [1.807, 2.05) is 0 Å². The van der Waals surface area contributed by atoms with Gasteiger partial charge in [-0.3, -0.25) is 0 Å². The van der Waals surface area contributed by atoms with Crippen molar-refractivity contribution in [2.24, 2.45) is 23.2 Å². The van der Waals surface area contributed by atoms with Crippen LogP contribution in [0, 0.1) is 23.2 Å². The predicted molar refractivity (Wildman–Crippen MR) is 55.8 cm³/mol. The summed E-state index contributed by atoms with van der Waals surface area (Å²) >= 11 is 0. The van der Waals surface area contributed by atoms with Crippen molar-refractivity contribution in [1.82, 2.24) is 0 Å². The molecule has 0 aromatic heterocycles. The number of aliphatic hydroxyl groups is 2. The normalized spacial score (nSPS) is 47.8. The molecule has 0 aliphatic heterocycles. The van der Waals surface area contributed by atoms with E-state index in [9.17, 15) is 10.2 Å². The van der Waals surface area contributed by atoms with Gasteiger partial charge in [-0.05, 0) is 55.3 Å². The smallest absolute Gasteiger partial charge is 0.0484 e. The molecule has 82 valence electrons. The van der Waals surface area contributed by atoms with E-state index in [-0.39, 0.29) is 5.41 Å². The number of aliphatic hydroxyl groups excluding tert-OH is 2. The van der Waals surface area contributed by atoms with Crippen LogP contribution in [0.1, 0.15) is 39.0 Å². The maximum Gasteiger partial charge on any atom is 0.0484 e. The molecule has 0 amide bonds. The molecule has 2 nitrogen and oxygen atoms in total. The Hall–Kier alpha value is -0.0800. The van der Waals surface area contributed by atoms with E-state index in [1.165, 1.54) is 25.7 Å². The Morgan fingerprint density at radius 2 is 2.00 bits per heavy atom. The molecule has 2 saturated carbocycles. The number of rotatable bonds is 2. The van der Waals surface area contributed by atoms with Gasteiger partial charge in [-0.2, -0.15) is 0 Å². The molecule has 2 heteroatoms. The van der Waals surface area contributed by atoms with Gasteiger partial charge in [0.1, 0.15) is 0 Å². The van der Waals surface area contributed by atoms with Gasteiger partial charge in [0.05, 0.1) is 0 Å². The van der Waals surface area contributed by atoms with Crippen LogP contribution in [-0.4, -0.2) is 23.4 Å². The van der Waals surface area contributed by atoms with Gasteiger partial charge in [0.15, 0.2) is 0 Å². The molecular formula is C12H22O2. The van der Waals surface area contributed by atoms with Crippen LogP contribution in [0.25, 0.3) is 0 Å². The number of hydrogen-bond donors (Lipinski definition) is 2. The molecule has 4 atom stereocenters. The minimum atomic E-state index is 0.138. The summed E-state index contributed by atoms with van der Waals surface area (Å²) in [6.07, 6.45) is 6.06. The van der Waals surface area contributed by atoms with E-state index >= 15 is 0 Å². The van der Waals surface area contributed by atoms with Crippen molar-refractivity contribution >= 4 is 0 Å². The summed E-state index contributed by atoms with van der Waals surface area (Å²) in [5, 5.41) is 18.7. The molecule has 14 heavy (non-hydrogen) atoms. The molecule has 2 aliphatic carbocycles. The van der Waals surface area contributed by atoms with Crippen LogP contribution in [0.15, 0.2) is 0 Å². The standard InChI is InChI=1S/C12H22O2/c1-12(8-14)5-4-9-2-3-10(7-13)11(9)6-12/h9-11,13-14H,2-8H2,1H3. The third-order valence-corrected chi connectivity index (χ3v) is 4.58. The second-order valence-corrected chi connectivity index (χ2v) is 5.66. The average Bonchev–Trinajstić information content (AvgIpc) is 2.60. The molecule has 0 bridgehead atoms. The molecule has 0 radical (unpaired) electrons. The summed E-state index contributed by atoms with van der Waals surface area (Å²) in [6.45, 7) is 2.85. The minimum absolute atomic E-state index is 0.138. The van der Waals surface area contributed by atoms with E-state index in [0.29, 0.717) is 25.0 Å². The van der Waals surface area contributed by atoms with Gasteiger partial charge in [0, 0.05) is 13.2 Å². The first-order valence-corrected chi connectivity index (χ1v) is 5.90. The fourth-order valence-corrected chi connectivity index (χ4v) is 3.51. The molecule has 0 heterocycles. The Labute approximate surface area is 86.3 Å². The highest BCUT2D eigenvalue weighted by Gasteiger charge is 2.43. The van der Waals surface area contributed by atoms with E-state index in [1.54, 1.807) is 0 Å². The number of fused-ring (bicyclic) bond motifs is 1. The molecule has 2 rings (SSSR count). The Kier molecular flexibility index (Phi) is 2.85. The lowest BCUT2D eigenvalue weighted by Crippen LogP contribution is -2.35. The van der Waals surface area contributed by atoms with Gasteiger partial charge < -0.3 is 10.2 Å². The zero-order valence-corrected chi connectivity index (χ0v) is 9.08. The topological polar surface area (TPSA) is 40.5 Å². The molecule has 2 aliphatic rings. The van der Waals surface area contributed by atoms with Gasteiger partial charge in [-0.15, -0.1) is 0 Å². The van der Waals surface area contributed by atoms with Crippen LogP contribution in [0.5, 0.6) is 0 Å². The Morgan fingerprint density at radius 1 is 1.21 bits per heavy atom. The van der Waals surface area contributed by atoms with Crippen LogP contribution in [0.3, 0.4) is 0 Å². The van der Waals surface area contributed by atoms with Crippen LogP contribution in [-0.2, 0) is 0 Å². The summed E-state index contributed by atoms with van der Waals surface area (Å²) in [5.74, 6) is 2.05. The Bertz CT molecular complexity index is 198. The lowest BCUT2D eigenvalue weighted by atomic mass is 9.66. The van der Waals surface area contributed by atoms with Gasteiger partial charge in [-0.25, -0.2) is 0 Å². The van der Waals surface area contributed by atoms with Gasteiger partial charge >= 0.3 is 0 Å². The Balaban J connectivity index is 2.05. The number of hydrogen-bond acceptors (Lipinski definition) is 2. The van der Waals surface area contributed by atoms with Crippen molar-refractivity contribution < 1.29 is 10.2 Å². The fraction of sp³-hybridized carbons (Fsp3) is 1.00. The van der Waals surface area contributed by atoms with Gasteiger partial charge in [0.2, 0.25) is 0 Å². The Morgan fingerprint density at radius 3 is 2.64 bits per heavy atom. The summed E-state index contributed by atoms with van der Waals surface area (Å²) in [4.78, 5) is 0. The van der Waals surface area contributed by atoms with Gasteiger partial charge in [0.25, 0.3) is 0 Å². The third-order valence-electron chi connectivity index (χ3n) is 4.58. The maximum atomic E-state index is 9.37. The molecule has 0 saturated heterocycles. The lowest BCUT2D eigenvalue weighted by Gasteiger charge is -2.40. The SMILES string of the molecule is CC1(CO)CCC2CCC(CO)C2C1. The second-order valence-electron chi connectivity index (χ2n) is 5.66. The summed E-state index contributed by atoms with van der Waals surface area (Å²) in [5.41, 5.74) is 0.138. The first-order valence-electron chi connectivity index (χ1n) is 5.90. The van der Waals surface area contributed by atoms with Crippen molar-refractivity contribution in [3.05, 3.63) is 0 Å². The monoisotopic (exact) mass is 198 g/mol. The summed E-state index contributed by atoms with van der Waals surface area (Å²) in [7, 11) is 0. The molecule has 2 fully saturated rings. The highest BCUT2D eigenvalue weighted by atomic mass is 16.3. The molecule has 0 aromatic rings. The highest BCUT2D eigenvalue weighted by Crippen LogP contribution is 2.51. The lowest BCUT2D eigenvalue weighted by molar-refractivity contribution is 0.0318. The van der Waals surface area contributed by atoms with E-state index in [2.05, 4.69) is 6.92 Å². The molecular weight excluding hydrogens is 176 g/mol. The molecule has 0 spiro atoms. The fourth-order valence-electron chi connectivity index (χ4n) is 3.51. The summed E-state index contributed by atoms with van der Waals surface area (Å²) < 4.78 is 0. The quantitative estimate of drug-likeness (QED) is 0.710. The molecule has 0 aromatic carbocycles. The van der Waals surface area contributed by atoms with Gasteiger partial charge in [-0.1, -0.05) is 6.92 Å². The van der Waals surface area contributed by atoms with Crippen molar-refractivity contribution in [3.63, 3.8) is 0 Å². The zero-order valence-electron chi connectivity index (χ0n) is 9.08. The molecule has 4 unspecified atom stereocenters. The van der Waals surface area contributed by atoms with Crippen molar-refractivity contribution in [1.29, 1.82) is 0 Å². The van der Waals surface area contributed by atoms with E-state index in [4.69, 9.17) is 0 Å². The van der Waals surface area contributed by atoms with Crippen molar-refractivity contribution in [3.8, 4) is 0 Å². The van der Waals surface area contributed by atoms with Crippen LogP contribution >= 0.6 is 0 Å². The molecule has 2 N–H and O–H groups in total. The van der Waals surface area contributed by atoms with Crippen LogP contribution in [0.4, 0.5) is 0 Å². The van der Waals surface area contributed by atoms with Crippen LogP contribution < -0.4 is 0 Å². The maximum absolute atomic E-state index is 9.37. The second kappa shape index (κ2) is 3.82. The van der Waals surface area contributed by atoms with E-state index < -0.39 is 0 Å². The van der Waals surface area contributed by atoms with E-state index in [0.717, 1.165) is 12.3 Å². The summed E-state index contributed by atoms with van der Waals surface area (Å²) in [6, 6.07) is 0. The predicted octanol–water partition coefficient (Wildman–Crippen LogP) is 1.80. The minimum Gasteiger partial charge on any atom is -0.396 e.